The molecule has 0 aliphatic rings. The van der Waals surface area contributed by atoms with Gasteiger partial charge in [-0.25, -0.2) is 0 Å². The van der Waals surface area contributed by atoms with Crippen LogP contribution in [0.2, 0.25) is 0 Å². The number of hydrogen-bond donors (Lipinski definition) is 1. The van der Waals surface area contributed by atoms with Gasteiger partial charge in [-0.05, 0) is 31.7 Å². The summed E-state index contributed by atoms with van der Waals surface area (Å²) in [6, 6.07) is 8.27. The predicted octanol–water partition coefficient (Wildman–Crippen LogP) is 3.20. The molecule has 1 amide bonds. The third-order valence-electron chi connectivity index (χ3n) is 3.79. The van der Waals surface area contributed by atoms with Crippen molar-refractivity contribution in [3.05, 3.63) is 35.4 Å². The van der Waals surface area contributed by atoms with Gasteiger partial charge in [-0.3, -0.25) is 9.59 Å². The van der Waals surface area contributed by atoms with Crippen molar-refractivity contribution in [3.63, 3.8) is 0 Å². The molecule has 0 bridgehead atoms. The molecule has 0 heterocycles. The van der Waals surface area contributed by atoms with E-state index in [0.717, 1.165) is 6.42 Å². The average molecular weight is 291 g/mol. The summed E-state index contributed by atoms with van der Waals surface area (Å²) in [7, 11) is 0. The molecule has 4 nitrogen and oxygen atoms in total. The summed E-state index contributed by atoms with van der Waals surface area (Å²) in [5.74, 6) is -0.644. The fourth-order valence-electron chi connectivity index (χ4n) is 2.37. The molecule has 0 aromatic heterocycles. The van der Waals surface area contributed by atoms with E-state index in [4.69, 9.17) is 5.11 Å². The van der Waals surface area contributed by atoms with Gasteiger partial charge in [-0.1, -0.05) is 36.8 Å². The first kappa shape index (κ1) is 17.2. The molecule has 116 valence electrons. The number of carbonyl (C=O) groups is 2. The molecule has 1 aromatic carbocycles. The van der Waals surface area contributed by atoms with Gasteiger partial charge < -0.3 is 10.0 Å². The molecule has 0 saturated carbocycles. The summed E-state index contributed by atoms with van der Waals surface area (Å²) >= 11 is 0. The summed E-state index contributed by atoms with van der Waals surface area (Å²) in [5.41, 5.74) is 2.38. The standard InChI is InChI=1S/C17H25NO3/c1-4-14(15-8-6-13(3)7-9-15)12-16(19)18(5-2)11-10-17(20)21/h6-9,14H,4-5,10-12H2,1-3H3,(H,20,21). The van der Waals surface area contributed by atoms with Crippen molar-refractivity contribution in [2.75, 3.05) is 13.1 Å². The SMILES string of the molecule is CCC(CC(=O)N(CC)CCC(=O)O)c1ccc(C)cc1. The molecule has 0 fully saturated rings. The summed E-state index contributed by atoms with van der Waals surface area (Å²) in [6.45, 7) is 6.84. The van der Waals surface area contributed by atoms with Crippen molar-refractivity contribution < 1.29 is 14.7 Å². The van der Waals surface area contributed by atoms with E-state index in [0.29, 0.717) is 13.0 Å². The van der Waals surface area contributed by atoms with Crippen LogP contribution in [0.3, 0.4) is 0 Å². The Bertz CT molecular complexity index is 467. The zero-order chi connectivity index (χ0) is 15.8. The Kier molecular flexibility index (Phi) is 6.92. The van der Waals surface area contributed by atoms with E-state index < -0.39 is 5.97 Å². The number of carbonyl (C=O) groups excluding carboxylic acids is 1. The van der Waals surface area contributed by atoms with Crippen LogP contribution in [0.25, 0.3) is 0 Å². The second-order valence-electron chi connectivity index (χ2n) is 5.34. The lowest BCUT2D eigenvalue weighted by Gasteiger charge is -2.23. The van der Waals surface area contributed by atoms with Gasteiger partial charge >= 0.3 is 5.97 Å². The maximum atomic E-state index is 12.3. The fourth-order valence-corrected chi connectivity index (χ4v) is 2.37. The van der Waals surface area contributed by atoms with Crippen molar-refractivity contribution in [1.82, 2.24) is 4.90 Å². The topological polar surface area (TPSA) is 57.6 Å². The Morgan fingerprint density at radius 2 is 1.81 bits per heavy atom. The number of aliphatic carboxylic acids is 1. The maximum absolute atomic E-state index is 12.3. The molecule has 0 aliphatic heterocycles. The van der Waals surface area contributed by atoms with Gasteiger partial charge in [0.15, 0.2) is 0 Å². The van der Waals surface area contributed by atoms with Gasteiger partial charge in [-0.2, -0.15) is 0 Å². The van der Waals surface area contributed by atoms with Crippen molar-refractivity contribution in [2.24, 2.45) is 0 Å². The molecular weight excluding hydrogens is 266 g/mol. The van der Waals surface area contributed by atoms with E-state index >= 15 is 0 Å². The molecular formula is C17H25NO3. The molecule has 0 aliphatic carbocycles. The van der Waals surface area contributed by atoms with Crippen molar-refractivity contribution in [3.8, 4) is 0 Å². The van der Waals surface area contributed by atoms with Crippen LogP contribution < -0.4 is 0 Å². The summed E-state index contributed by atoms with van der Waals surface area (Å²) in [6.07, 6.45) is 1.33. The number of nitrogens with zero attached hydrogens (tertiary/aromatic N) is 1. The van der Waals surface area contributed by atoms with Crippen molar-refractivity contribution in [1.29, 1.82) is 0 Å². The van der Waals surface area contributed by atoms with E-state index in [1.165, 1.54) is 11.1 Å². The second kappa shape index (κ2) is 8.45. The molecule has 4 heteroatoms. The highest BCUT2D eigenvalue weighted by Crippen LogP contribution is 2.24. The second-order valence-corrected chi connectivity index (χ2v) is 5.34. The van der Waals surface area contributed by atoms with E-state index in [1.807, 2.05) is 13.8 Å². The number of carboxylic acids is 1. The van der Waals surface area contributed by atoms with Crippen LogP contribution in [-0.4, -0.2) is 35.0 Å². The van der Waals surface area contributed by atoms with Crippen LogP contribution in [0.4, 0.5) is 0 Å². The number of carboxylic acid groups (broad SMARTS) is 1. The molecule has 0 radical (unpaired) electrons. The molecule has 0 saturated heterocycles. The normalized spacial score (nSPS) is 12.0. The van der Waals surface area contributed by atoms with Gasteiger partial charge in [-0.15, -0.1) is 0 Å². The zero-order valence-corrected chi connectivity index (χ0v) is 13.1. The Morgan fingerprint density at radius 1 is 1.19 bits per heavy atom. The van der Waals surface area contributed by atoms with Gasteiger partial charge in [0, 0.05) is 19.5 Å². The fraction of sp³-hybridized carbons (Fsp3) is 0.529. The maximum Gasteiger partial charge on any atom is 0.305 e. The van der Waals surface area contributed by atoms with Crippen LogP contribution in [0.15, 0.2) is 24.3 Å². The monoisotopic (exact) mass is 291 g/mol. The van der Waals surface area contributed by atoms with Gasteiger partial charge in [0.25, 0.3) is 0 Å². The molecule has 21 heavy (non-hydrogen) atoms. The largest absolute Gasteiger partial charge is 0.481 e. The van der Waals surface area contributed by atoms with Crippen molar-refractivity contribution in [2.45, 2.75) is 46.0 Å². The number of aryl methyl sites for hydroxylation is 1. The minimum absolute atomic E-state index is 0.000896. The lowest BCUT2D eigenvalue weighted by molar-refractivity contribution is -0.138. The third-order valence-corrected chi connectivity index (χ3v) is 3.79. The minimum atomic E-state index is -0.869. The Labute approximate surface area is 126 Å². The zero-order valence-electron chi connectivity index (χ0n) is 13.1. The smallest absolute Gasteiger partial charge is 0.305 e. The van der Waals surface area contributed by atoms with Crippen molar-refractivity contribution >= 4 is 11.9 Å². The quantitative estimate of drug-likeness (QED) is 0.800. The Balaban J connectivity index is 2.68. The first-order valence-electron chi connectivity index (χ1n) is 7.54. The van der Waals surface area contributed by atoms with E-state index in [2.05, 4.69) is 31.2 Å². The highest BCUT2D eigenvalue weighted by molar-refractivity contribution is 5.78. The predicted molar refractivity (Wildman–Crippen MR) is 83.3 cm³/mol. The van der Waals surface area contributed by atoms with Crippen LogP contribution in [0, 0.1) is 6.92 Å². The molecule has 0 spiro atoms. The molecule has 1 atom stereocenters. The number of benzene rings is 1. The molecule has 1 N–H and O–H groups in total. The van der Waals surface area contributed by atoms with Crippen LogP contribution in [0.1, 0.15) is 50.2 Å². The molecule has 1 aromatic rings. The number of amides is 1. The molecule has 1 unspecified atom stereocenters. The van der Waals surface area contributed by atoms with Crippen LogP contribution in [-0.2, 0) is 9.59 Å². The lowest BCUT2D eigenvalue weighted by Crippen LogP contribution is -2.33. The highest BCUT2D eigenvalue weighted by atomic mass is 16.4. The summed E-state index contributed by atoms with van der Waals surface area (Å²) in [4.78, 5) is 24.6. The average Bonchev–Trinajstić information content (AvgIpc) is 2.46. The third kappa shape index (κ3) is 5.58. The summed E-state index contributed by atoms with van der Waals surface area (Å²) in [5, 5.41) is 8.73. The lowest BCUT2D eigenvalue weighted by atomic mass is 9.92. The Morgan fingerprint density at radius 3 is 2.29 bits per heavy atom. The Hall–Kier alpha value is -1.84. The van der Waals surface area contributed by atoms with Gasteiger partial charge in [0.2, 0.25) is 5.91 Å². The first-order valence-corrected chi connectivity index (χ1v) is 7.54. The molecule has 1 rings (SSSR count). The van der Waals surface area contributed by atoms with Gasteiger partial charge in [0.05, 0.1) is 6.42 Å². The van der Waals surface area contributed by atoms with Crippen LogP contribution in [0.5, 0.6) is 0 Å². The van der Waals surface area contributed by atoms with E-state index in [-0.39, 0.29) is 24.8 Å². The highest BCUT2D eigenvalue weighted by Gasteiger charge is 2.19. The number of hydrogen-bond acceptors (Lipinski definition) is 2. The summed E-state index contributed by atoms with van der Waals surface area (Å²) < 4.78 is 0. The first-order chi connectivity index (χ1) is 9.97. The van der Waals surface area contributed by atoms with E-state index in [1.54, 1.807) is 4.90 Å². The van der Waals surface area contributed by atoms with E-state index in [9.17, 15) is 9.59 Å². The van der Waals surface area contributed by atoms with Crippen LogP contribution >= 0.6 is 0 Å². The van der Waals surface area contributed by atoms with Gasteiger partial charge in [0.1, 0.15) is 0 Å². The number of rotatable bonds is 8. The minimum Gasteiger partial charge on any atom is -0.481 e.